The van der Waals surface area contributed by atoms with Gasteiger partial charge in [-0.25, -0.2) is 24.1 Å². The van der Waals surface area contributed by atoms with E-state index in [1.54, 1.807) is 113 Å². The van der Waals surface area contributed by atoms with Crippen LogP contribution in [0.3, 0.4) is 0 Å². The lowest BCUT2D eigenvalue weighted by Gasteiger charge is -2.32. The van der Waals surface area contributed by atoms with Crippen molar-refractivity contribution in [1.82, 2.24) is 59.8 Å². The number of pyridine rings is 3. The van der Waals surface area contributed by atoms with Crippen LogP contribution in [0, 0.1) is 26.0 Å². The van der Waals surface area contributed by atoms with E-state index in [4.69, 9.17) is 63.7 Å². The summed E-state index contributed by atoms with van der Waals surface area (Å²) in [6.45, 7) is 15.6. The van der Waals surface area contributed by atoms with Crippen LogP contribution in [0.4, 0.5) is 21.5 Å². The highest BCUT2D eigenvalue weighted by molar-refractivity contribution is 7.17. The zero-order valence-corrected chi connectivity index (χ0v) is 80.1. The van der Waals surface area contributed by atoms with Crippen LogP contribution in [-0.4, -0.2) is 223 Å². The summed E-state index contributed by atoms with van der Waals surface area (Å²) in [5.74, 6) is -0.523. The number of halogens is 2. The number of carbonyl (C=O) groups is 9. The van der Waals surface area contributed by atoms with Crippen LogP contribution in [-0.2, 0) is 24.0 Å². The molecule has 13 aromatic rings. The Morgan fingerprint density at radius 3 is 1.23 bits per heavy atom. The predicted molar refractivity (Wildman–Crippen MR) is 529 cm³/mol. The maximum absolute atomic E-state index is 12.8. The van der Waals surface area contributed by atoms with Crippen molar-refractivity contribution in [2.45, 2.75) is 142 Å². The number of benzene rings is 5. The summed E-state index contributed by atoms with van der Waals surface area (Å²) in [5.41, 5.74) is 22.3. The number of amides is 7. The summed E-state index contributed by atoms with van der Waals surface area (Å²) in [6.07, 6.45) is 14.0. The van der Waals surface area contributed by atoms with Crippen LogP contribution in [0.1, 0.15) is 153 Å². The molecule has 44 heteroatoms. The average molecular weight is 2000 g/mol. The van der Waals surface area contributed by atoms with Gasteiger partial charge in [-0.15, -0.1) is 34.0 Å². The van der Waals surface area contributed by atoms with E-state index >= 15 is 0 Å². The first-order valence-corrected chi connectivity index (χ1v) is 47.6. The van der Waals surface area contributed by atoms with E-state index in [1.165, 1.54) is 36.5 Å². The van der Waals surface area contributed by atoms with Crippen LogP contribution in [0.5, 0.6) is 23.0 Å². The number of carboxylic acids is 1. The van der Waals surface area contributed by atoms with Crippen molar-refractivity contribution in [3.63, 3.8) is 0 Å². The van der Waals surface area contributed by atoms with Gasteiger partial charge in [-0.3, -0.25) is 78.1 Å². The van der Waals surface area contributed by atoms with E-state index in [0.29, 0.717) is 138 Å². The largest absolute Gasteiger partial charge is 0.490 e. The van der Waals surface area contributed by atoms with Gasteiger partial charge in [0.15, 0.2) is 11.6 Å². The molecule has 0 aliphatic carbocycles. The third-order valence-corrected chi connectivity index (χ3v) is 25.7. The Morgan fingerprint density at radius 1 is 0.479 bits per heavy atom. The highest BCUT2D eigenvalue weighted by Gasteiger charge is 2.29. The van der Waals surface area contributed by atoms with Crippen molar-refractivity contribution in [3.05, 3.63) is 231 Å². The highest BCUT2D eigenvalue weighted by atomic mass is 35.5. The summed E-state index contributed by atoms with van der Waals surface area (Å²) in [6, 6.07) is 33.7. The number of likely N-dealkylation sites (tertiary alicyclic amines) is 4. The molecule has 18 rings (SSSR count). The van der Waals surface area contributed by atoms with Gasteiger partial charge in [0.05, 0.1) is 43.3 Å². The van der Waals surface area contributed by atoms with Gasteiger partial charge in [0.1, 0.15) is 81.4 Å². The second-order valence-electron chi connectivity index (χ2n) is 32.5. The maximum atomic E-state index is 12.8. The third kappa shape index (κ3) is 30.0. The fourth-order valence-electron chi connectivity index (χ4n) is 15.1. The van der Waals surface area contributed by atoms with Crippen LogP contribution >= 0.6 is 45.6 Å². The number of anilines is 1. The van der Waals surface area contributed by atoms with Crippen molar-refractivity contribution in [3.8, 4) is 46.0 Å². The number of hydrogen-bond donors (Lipinski definition) is 9. The fourth-order valence-corrected chi connectivity index (χ4v) is 17.5. The van der Waals surface area contributed by atoms with Crippen molar-refractivity contribution >= 4 is 167 Å². The number of carboxylic acid groups (broad SMARTS) is 1. The second kappa shape index (κ2) is 50.4. The van der Waals surface area contributed by atoms with Crippen molar-refractivity contribution in [1.29, 1.82) is 0 Å². The molecule has 0 bridgehead atoms. The molecule has 5 aromatic carbocycles. The molecule has 5 aliphatic rings. The number of piperidine rings is 5. The number of fused-ring (bicyclic) bond motifs is 5. The number of hydrogen-bond acceptors (Lipinski definition) is 30. The number of carbonyl (C=O) groups excluding carboxylic acids is 8. The molecule has 39 nitrogen and oxygen atoms in total. The number of nitro groups is 2. The van der Waals surface area contributed by atoms with Gasteiger partial charge in [-0.2, -0.15) is 0 Å². The number of nitrogens with two attached hydrogens (primary N) is 4. The van der Waals surface area contributed by atoms with E-state index < -0.39 is 50.6 Å². The van der Waals surface area contributed by atoms with Gasteiger partial charge < -0.3 is 87.0 Å². The molecule has 5 aliphatic heterocycles. The number of aliphatic hydroxyl groups excluding tert-OH is 1. The molecule has 0 spiro atoms. The quantitative estimate of drug-likeness (QED) is 0.0167. The number of aromatic nitrogens is 7. The summed E-state index contributed by atoms with van der Waals surface area (Å²) in [4.78, 5) is 178. The van der Waals surface area contributed by atoms with Gasteiger partial charge in [0, 0.05) is 191 Å². The first kappa shape index (κ1) is 106. The minimum absolute atomic E-state index is 0.0322. The Labute approximate surface area is 816 Å². The summed E-state index contributed by atoms with van der Waals surface area (Å²) in [5, 5.41) is 52.0. The van der Waals surface area contributed by atoms with Gasteiger partial charge >= 0.3 is 5.97 Å². The number of nitrogen functional groups attached to an aromatic ring is 1. The number of rotatable bonds is 18. The van der Waals surface area contributed by atoms with Crippen molar-refractivity contribution in [2.75, 3.05) is 71.2 Å². The van der Waals surface area contributed by atoms with Crippen LogP contribution in [0.15, 0.2) is 172 Å². The molecule has 0 unspecified atom stereocenters. The van der Waals surface area contributed by atoms with Gasteiger partial charge in [-0.1, -0.05) is 13.8 Å². The lowest BCUT2D eigenvalue weighted by atomic mass is 10.1. The number of nitro benzene ring substituents is 2. The first-order valence-electron chi connectivity index (χ1n) is 44.6. The number of nitrogens with one attached hydrogen (secondary N) is 3. The Balaban J connectivity index is 0.000000159. The van der Waals surface area contributed by atoms with Crippen LogP contribution in [0.2, 0.25) is 0 Å². The van der Waals surface area contributed by atoms with E-state index in [9.17, 15) is 77.4 Å². The molecule has 140 heavy (non-hydrogen) atoms. The number of aromatic amines is 2. The van der Waals surface area contributed by atoms with Crippen LogP contribution in [0.25, 0.3) is 75.1 Å². The molecule has 7 amide bonds. The number of H-pyrrole nitrogens is 2. The zero-order valence-electron chi connectivity index (χ0n) is 76.9. The molecule has 0 atom stereocenters. The standard InChI is InChI=1S/C23H22N4O3S.C20H18N4O2S.C14H17N3O5.C14H19N3O3.C8H5NO2S.C7H5FN2O3.C7H13NO2.C3H5ClO/c1-2-21(28)27-8-5-15(6-9-27)30-16-3-4-18-17(11-16)23(29)26-22(25-18)19-12-20-14(13-24-19)7-10-31-20;25-20-15-9-14(26-13-3-6-21-7-4-13)1-2-16(15)23-19(24-20)17-10-18-12(11-22-17)5-8-27-18;1-9(18)16-6-4-10(5-7-16)22-11-2-3-13(17(20)21)12(8-11)14(15)19;1-9(18)17-6-4-10(5-7-17)20-11-2-3-13(15)12(8-11)14(16)19;10-8(11)6-3-7-5(4-9-6)1-2-12-7;8-4-1-2-6(10(12)13)5(3-4)7(9)11;1-6(9)8-4-2-7(10)3-5-8;1-2-3(4)5/h3-4,7,10-13,15H,2,5-6,8-9H2,1H3,(H,25,26,29);1-2,5,8-11,13,21H,3-4,6-7H2,(H,23,24,25);2-3,8,10H,4-7H2,1H3,(H2,15,19);2-3,8,10H,4-7,15H2,1H3,(H2,16,19);1-4H,(H,10,11);1-3H,(H2,9,11);7,10H,2-5H2,1H3;2H2,1H3. The second-order valence-corrected chi connectivity index (χ2v) is 35.7. The normalized spacial score (nSPS) is 14.5. The van der Waals surface area contributed by atoms with E-state index in [1.807, 2.05) is 82.6 Å². The molecule has 736 valence electrons. The van der Waals surface area contributed by atoms with Gasteiger partial charge in [0.25, 0.3) is 40.2 Å². The van der Waals surface area contributed by atoms with Crippen molar-refractivity contribution < 1.29 is 86.5 Å². The molecule has 5 fully saturated rings. The number of aromatic carboxylic acids is 1. The lowest BCUT2D eigenvalue weighted by Crippen LogP contribution is -2.41. The molecule has 0 saturated carbocycles. The lowest BCUT2D eigenvalue weighted by molar-refractivity contribution is -0.385. The van der Waals surface area contributed by atoms with Crippen LogP contribution < -0.4 is 58.3 Å². The first-order chi connectivity index (χ1) is 67.0. The number of primary amides is 3. The number of thiophene rings is 3. The number of ether oxygens (including phenoxy) is 4. The zero-order chi connectivity index (χ0) is 101. The number of aliphatic hydroxyl groups is 1. The molecule has 0 radical (unpaired) electrons. The molecular formula is C96H104ClFN18O21S3. The summed E-state index contributed by atoms with van der Waals surface area (Å²) < 4.78 is 39.4. The summed E-state index contributed by atoms with van der Waals surface area (Å²) in [7, 11) is 0. The van der Waals surface area contributed by atoms with Gasteiger partial charge in [0.2, 0.25) is 28.9 Å². The van der Waals surface area contributed by atoms with E-state index in [-0.39, 0.29) is 93.0 Å². The Hall–Kier alpha value is -14.9. The molecule has 13 heterocycles. The van der Waals surface area contributed by atoms with E-state index in [2.05, 4.69) is 40.2 Å². The maximum Gasteiger partial charge on any atom is 0.354 e. The Morgan fingerprint density at radius 2 is 0.836 bits per heavy atom. The molecule has 8 aromatic heterocycles. The molecule has 5 saturated heterocycles. The summed E-state index contributed by atoms with van der Waals surface area (Å²) >= 11 is 9.61. The SMILES string of the molecule is CC(=O)N1CCC(O)CC1.CC(=O)N1CCC(Oc2ccc(N)c(C(N)=O)c2)CC1.CC(=O)N1CCC(Oc2ccc([N+](=O)[O-])c(C(N)=O)c2)CC1.CCC(=O)Cl.CCC(=O)N1CCC(Oc2ccc3nc(-c4cc5sccc5cn4)[nH]c(=O)c3c2)CC1.NC(=O)c1cc(F)ccc1[N+](=O)[O-].O=C(O)c1cc2sccc2cn1.O=c1[nH]c(-c2cc3sccc3cn2)nc2ccc(OC3CCNCC3)cc12. The topological polar surface area (TPSA) is 577 Å². The predicted octanol–water partition coefficient (Wildman–Crippen LogP) is 13.1. The molecule has 13 N–H and O–H groups in total. The Kier molecular flexibility index (Phi) is 38.0. The minimum atomic E-state index is -1.02. The molecular weight excluding hydrogens is 1890 g/mol. The third-order valence-electron chi connectivity index (χ3n) is 22.8. The average Bonchev–Trinajstić information content (AvgIpc) is 1.12. The number of nitrogens with zero attached hydrogens (tertiary/aromatic N) is 11. The smallest absolute Gasteiger partial charge is 0.354 e. The minimum Gasteiger partial charge on any atom is -0.490 e. The van der Waals surface area contributed by atoms with E-state index in [0.717, 1.165) is 126 Å². The Bertz CT molecular complexity index is 6780. The van der Waals surface area contributed by atoms with Crippen molar-refractivity contribution in [2.24, 2.45) is 17.2 Å². The fraction of sp³-hybridized carbons (Fsp3) is 0.333. The highest BCUT2D eigenvalue weighted by Crippen LogP contribution is 2.33. The van der Waals surface area contributed by atoms with Gasteiger partial charge in [-0.05, 0) is 182 Å². The monoisotopic (exact) mass is 1990 g/mol.